The molecule has 0 amide bonds. The van der Waals surface area contributed by atoms with Crippen LogP contribution in [-0.4, -0.2) is 24.6 Å². The second-order valence-electron chi connectivity index (χ2n) is 3.94. The largest absolute Gasteiger partial charge is 0.370 e. The van der Waals surface area contributed by atoms with Gasteiger partial charge in [0.15, 0.2) is 0 Å². The molecule has 0 aromatic carbocycles. The summed E-state index contributed by atoms with van der Waals surface area (Å²) in [7, 11) is 0. The van der Waals surface area contributed by atoms with Gasteiger partial charge in [-0.15, -0.1) is 12.4 Å². The molecule has 2 heterocycles. The maximum Gasteiger partial charge on any atom is 0.141 e. The van der Waals surface area contributed by atoms with Crippen LogP contribution >= 0.6 is 12.4 Å². The topological polar surface area (TPSA) is 37.0 Å². The first-order chi connectivity index (χ1) is 7.34. The number of pyridine rings is 1. The van der Waals surface area contributed by atoms with E-state index in [0.29, 0.717) is 5.92 Å². The first-order valence-corrected chi connectivity index (χ1v) is 5.41. The Bertz CT molecular complexity index is 299. The summed E-state index contributed by atoms with van der Waals surface area (Å²) in [5.74, 6) is 1.18. The van der Waals surface area contributed by atoms with E-state index in [1.54, 1.807) is 6.07 Å². The normalized spacial score (nSPS) is 16.6. The van der Waals surface area contributed by atoms with E-state index >= 15 is 0 Å². The molecule has 0 atom stereocenters. The van der Waals surface area contributed by atoms with Crippen molar-refractivity contribution in [3.05, 3.63) is 24.1 Å². The quantitative estimate of drug-likeness (QED) is 0.856. The Balaban J connectivity index is 0.00000128. The van der Waals surface area contributed by atoms with Crippen LogP contribution in [0.3, 0.4) is 0 Å². The number of anilines is 1. The molecule has 0 unspecified atom stereocenters. The number of piperidine rings is 1. The highest BCUT2D eigenvalue weighted by molar-refractivity contribution is 5.85. The summed E-state index contributed by atoms with van der Waals surface area (Å²) in [5, 5.41) is 6.56. The Labute approximate surface area is 101 Å². The van der Waals surface area contributed by atoms with Crippen LogP contribution in [0.4, 0.5) is 10.2 Å². The van der Waals surface area contributed by atoms with Gasteiger partial charge >= 0.3 is 0 Å². The first kappa shape index (κ1) is 13.2. The molecule has 1 saturated heterocycles. The van der Waals surface area contributed by atoms with Crippen LogP contribution in [-0.2, 0) is 0 Å². The van der Waals surface area contributed by atoms with Crippen molar-refractivity contribution in [2.75, 3.05) is 25.0 Å². The molecule has 2 N–H and O–H groups in total. The lowest BCUT2D eigenvalue weighted by Crippen LogP contribution is -2.31. The minimum Gasteiger partial charge on any atom is -0.370 e. The van der Waals surface area contributed by atoms with Crippen molar-refractivity contribution in [2.45, 2.75) is 12.8 Å². The number of nitrogens with zero attached hydrogens (tertiary/aromatic N) is 1. The SMILES string of the molecule is Cl.Fc1ccc(NCC2CCNCC2)nc1. The molecular weight excluding hydrogens is 229 g/mol. The number of hydrogen-bond donors (Lipinski definition) is 2. The maximum absolute atomic E-state index is 12.6. The van der Waals surface area contributed by atoms with Crippen molar-refractivity contribution in [3.63, 3.8) is 0 Å². The minimum absolute atomic E-state index is 0. The number of rotatable bonds is 3. The minimum atomic E-state index is -0.289. The number of nitrogens with one attached hydrogen (secondary N) is 2. The van der Waals surface area contributed by atoms with Gasteiger partial charge in [0.05, 0.1) is 6.20 Å². The van der Waals surface area contributed by atoms with E-state index < -0.39 is 0 Å². The van der Waals surface area contributed by atoms with Crippen molar-refractivity contribution in [1.29, 1.82) is 0 Å². The Morgan fingerprint density at radius 1 is 1.38 bits per heavy atom. The highest BCUT2D eigenvalue weighted by Gasteiger charge is 2.12. The number of aromatic nitrogens is 1. The van der Waals surface area contributed by atoms with E-state index in [-0.39, 0.29) is 18.2 Å². The lowest BCUT2D eigenvalue weighted by atomic mass is 9.98. The molecule has 3 nitrogen and oxygen atoms in total. The van der Waals surface area contributed by atoms with Crippen molar-refractivity contribution >= 4 is 18.2 Å². The molecule has 16 heavy (non-hydrogen) atoms. The van der Waals surface area contributed by atoms with E-state index in [4.69, 9.17) is 0 Å². The smallest absolute Gasteiger partial charge is 0.141 e. The first-order valence-electron chi connectivity index (χ1n) is 5.41. The summed E-state index contributed by atoms with van der Waals surface area (Å²) in [6, 6.07) is 3.11. The fourth-order valence-corrected chi connectivity index (χ4v) is 1.82. The summed E-state index contributed by atoms with van der Waals surface area (Å²) >= 11 is 0. The second-order valence-corrected chi connectivity index (χ2v) is 3.94. The standard InChI is InChI=1S/C11H16FN3.ClH/c12-10-1-2-11(15-8-10)14-7-9-3-5-13-6-4-9;/h1-2,8-9,13H,3-7H2,(H,14,15);1H. The van der Waals surface area contributed by atoms with Gasteiger partial charge in [-0.1, -0.05) is 0 Å². The van der Waals surface area contributed by atoms with Gasteiger partial charge in [-0.3, -0.25) is 0 Å². The van der Waals surface area contributed by atoms with Gasteiger partial charge in [0, 0.05) is 6.54 Å². The zero-order chi connectivity index (χ0) is 10.5. The Kier molecular flexibility index (Phi) is 5.49. The highest BCUT2D eigenvalue weighted by Crippen LogP contribution is 2.12. The van der Waals surface area contributed by atoms with Crippen LogP contribution in [0.25, 0.3) is 0 Å². The summed E-state index contributed by atoms with van der Waals surface area (Å²) in [5.41, 5.74) is 0. The van der Waals surface area contributed by atoms with E-state index in [2.05, 4.69) is 15.6 Å². The summed E-state index contributed by atoms with van der Waals surface area (Å²) < 4.78 is 12.6. The van der Waals surface area contributed by atoms with Gasteiger partial charge in [-0.05, 0) is 44.0 Å². The molecule has 90 valence electrons. The summed E-state index contributed by atoms with van der Waals surface area (Å²) in [4.78, 5) is 3.96. The van der Waals surface area contributed by atoms with Gasteiger partial charge in [-0.2, -0.15) is 0 Å². The summed E-state index contributed by atoms with van der Waals surface area (Å²) in [6.07, 6.45) is 3.65. The zero-order valence-electron chi connectivity index (χ0n) is 9.08. The zero-order valence-corrected chi connectivity index (χ0v) is 9.89. The van der Waals surface area contributed by atoms with Gasteiger partial charge < -0.3 is 10.6 Å². The van der Waals surface area contributed by atoms with Crippen LogP contribution < -0.4 is 10.6 Å². The number of halogens is 2. The molecule has 1 aliphatic heterocycles. The average Bonchev–Trinajstić information content (AvgIpc) is 2.30. The van der Waals surface area contributed by atoms with Gasteiger partial charge in [0.2, 0.25) is 0 Å². The third kappa shape index (κ3) is 3.94. The molecule has 0 aliphatic carbocycles. The van der Waals surface area contributed by atoms with Gasteiger partial charge in [0.1, 0.15) is 11.6 Å². The van der Waals surface area contributed by atoms with Crippen LogP contribution in [0.2, 0.25) is 0 Å². The van der Waals surface area contributed by atoms with E-state index in [0.717, 1.165) is 25.5 Å². The number of hydrogen-bond acceptors (Lipinski definition) is 3. The maximum atomic E-state index is 12.6. The molecule has 1 aromatic rings. The third-order valence-corrected chi connectivity index (χ3v) is 2.76. The van der Waals surface area contributed by atoms with E-state index in [9.17, 15) is 4.39 Å². The Morgan fingerprint density at radius 2 is 2.12 bits per heavy atom. The average molecular weight is 246 g/mol. The van der Waals surface area contributed by atoms with Gasteiger partial charge in [0.25, 0.3) is 0 Å². The molecule has 5 heteroatoms. The van der Waals surface area contributed by atoms with E-state index in [1.165, 1.54) is 25.1 Å². The van der Waals surface area contributed by atoms with E-state index in [1.807, 2.05) is 0 Å². The monoisotopic (exact) mass is 245 g/mol. The molecule has 1 aliphatic rings. The molecule has 0 saturated carbocycles. The van der Waals surface area contributed by atoms with Crippen LogP contribution in [0.15, 0.2) is 18.3 Å². The predicted octanol–water partition coefficient (Wildman–Crippen LogP) is 2.05. The van der Waals surface area contributed by atoms with Crippen LogP contribution in [0.5, 0.6) is 0 Å². The third-order valence-electron chi connectivity index (χ3n) is 2.76. The lowest BCUT2D eigenvalue weighted by molar-refractivity contribution is 0.389. The van der Waals surface area contributed by atoms with Crippen LogP contribution in [0.1, 0.15) is 12.8 Å². The molecule has 0 bridgehead atoms. The Morgan fingerprint density at radius 3 is 2.75 bits per heavy atom. The molecule has 1 aromatic heterocycles. The molecule has 1 fully saturated rings. The van der Waals surface area contributed by atoms with Gasteiger partial charge in [-0.25, -0.2) is 9.37 Å². The fraction of sp³-hybridized carbons (Fsp3) is 0.545. The van der Waals surface area contributed by atoms with Crippen molar-refractivity contribution in [2.24, 2.45) is 5.92 Å². The van der Waals surface area contributed by atoms with Crippen molar-refractivity contribution in [3.8, 4) is 0 Å². The lowest BCUT2D eigenvalue weighted by Gasteiger charge is -2.22. The van der Waals surface area contributed by atoms with Crippen LogP contribution in [0, 0.1) is 11.7 Å². The summed E-state index contributed by atoms with van der Waals surface area (Å²) in [6.45, 7) is 3.13. The fourth-order valence-electron chi connectivity index (χ4n) is 1.82. The molecule has 0 spiro atoms. The predicted molar refractivity (Wildman–Crippen MR) is 65.5 cm³/mol. The molecule has 0 radical (unpaired) electrons. The molecule has 2 rings (SSSR count). The second kappa shape index (κ2) is 6.66. The molecular formula is C11H17ClFN3. The Hall–Kier alpha value is -0.870. The van der Waals surface area contributed by atoms with Crippen molar-refractivity contribution < 1.29 is 4.39 Å². The highest BCUT2D eigenvalue weighted by atomic mass is 35.5. The van der Waals surface area contributed by atoms with Crippen molar-refractivity contribution in [1.82, 2.24) is 10.3 Å².